The maximum Gasteiger partial charge on any atom is 0.416 e. The van der Waals surface area contributed by atoms with Crippen LogP contribution >= 0.6 is 11.6 Å². The SMILES string of the molecule is CN1CCN(CCOc2ccc(NC(=O)c3cccc(C(F)(F)F)c3)cc2-c2c(Cl)cnn2C)CC1=O. The number of carbonyl (C=O) groups is 2. The summed E-state index contributed by atoms with van der Waals surface area (Å²) < 4.78 is 46.8. The number of nitrogens with zero attached hydrogens (tertiary/aromatic N) is 4. The van der Waals surface area contributed by atoms with E-state index < -0.39 is 17.6 Å². The van der Waals surface area contributed by atoms with E-state index in [2.05, 4.69) is 10.4 Å². The summed E-state index contributed by atoms with van der Waals surface area (Å²) in [7, 11) is 3.47. The minimum atomic E-state index is -4.56. The van der Waals surface area contributed by atoms with Gasteiger partial charge in [-0.1, -0.05) is 17.7 Å². The van der Waals surface area contributed by atoms with Crippen molar-refractivity contribution in [1.82, 2.24) is 19.6 Å². The van der Waals surface area contributed by atoms with Crippen LogP contribution in [0.2, 0.25) is 5.02 Å². The fraction of sp³-hybridized carbons (Fsp3) is 0.320. The van der Waals surface area contributed by atoms with Gasteiger partial charge in [0, 0.05) is 50.5 Å². The fourth-order valence-electron chi connectivity index (χ4n) is 3.96. The molecule has 196 valence electrons. The first-order chi connectivity index (χ1) is 17.5. The molecule has 0 bridgehead atoms. The standard InChI is InChI=1S/C25H25ClF3N5O3/c1-32-8-9-34(15-22(32)35)10-11-37-21-7-6-18(13-19(21)23-20(26)14-30-33(23)2)31-24(36)16-4-3-5-17(12-16)25(27,28)29/h3-7,12-14H,8-11,15H2,1-2H3,(H,31,36). The van der Waals surface area contributed by atoms with Crippen molar-refractivity contribution >= 4 is 29.1 Å². The molecule has 0 unspecified atom stereocenters. The molecule has 37 heavy (non-hydrogen) atoms. The Labute approximate surface area is 216 Å². The van der Waals surface area contributed by atoms with Crippen LogP contribution in [0, 0.1) is 0 Å². The number of aromatic nitrogens is 2. The largest absolute Gasteiger partial charge is 0.492 e. The summed E-state index contributed by atoms with van der Waals surface area (Å²) in [5, 5.41) is 7.16. The van der Waals surface area contributed by atoms with Gasteiger partial charge in [0.2, 0.25) is 5.91 Å². The second-order valence-electron chi connectivity index (χ2n) is 8.65. The molecule has 0 aliphatic carbocycles. The Kier molecular flexibility index (Phi) is 7.74. The van der Waals surface area contributed by atoms with Crippen molar-refractivity contribution in [3.05, 3.63) is 64.8 Å². The number of likely N-dealkylation sites (N-methyl/N-ethyl adjacent to an activating group) is 1. The average molecular weight is 536 g/mol. The summed E-state index contributed by atoms with van der Waals surface area (Å²) in [6.45, 7) is 2.55. The minimum Gasteiger partial charge on any atom is -0.492 e. The number of benzene rings is 2. The molecule has 0 saturated carbocycles. The molecule has 1 aliphatic rings. The van der Waals surface area contributed by atoms with E-state index in [4.69, 9.17) is 16.3 Å². The van der Waals surface area contributed by atoms with Crippen LogP contribution in [-0.4, -0.2) is 71.2 Å². The summed E-state index contributed by atoms with van der Waals surface area (Å²) in [5.74, 6) is -0.168. The highest BCUT2D eigenvalue weighted by Gasteiger charge is 2.31. The van der Waals surface area contributed by atoms with E-state index in [1.54, 1.807) is 41.9 Å². The number of carbonyl (C=O) groups excluding carboxylic acids is 2. The lowest BCUT2D eigenvalue weighted by atomic mass is 10.1. The maximum atomic E-state index is 13.1. The fourth-order valence-corrected chi connectivity index (χ4v) is 4.22. The van der Waals surface area contributed by atoms with Crippen molar-refractivity contribution < 1.29 is 27.5 Å². The van der Waals surface area contributed by atoms with Gasteiger partial charge in [0.25, 0.3) is 5.91 Å². The van der Waals surface area contributed by atoms with E-state index in [9.17, 15) is 22.8 Å². The van der Waals surface area contributed by atoms with Crippen LogP contribution in [0.25, 0.3) is 11.3 Å². The summed E-state index contributed by atoms with van der Waals surface area (Å²) in [6, 6.07) is 9.07. The molecule has 1 fully saturated rings. The predicted octanol–water partition coefficient (Wildman–Crippen LogP) is 4.16. The third kappa shape index (κ3) is 6.23. The van der Waals surface area contributed by atoms with Crippen molar-refractivity contribution in [1.29, 1.82) is 0 Å². The number of nitrogens with one attached hydrogen (secondary N) is 1. The zero-order valence-electron chi connectivity index (χ0n) is 20.2. The van der Waals surface area contributed by atoms with Gasteiger partial charge in [0.05, 0.1) is 29.0 Å². The zero-order valence-corrected chi connectivity index (χ0v) is 20.9. The lowest BCUT2D eigenvalue weighted by Crippen LogP contribution is -2.49. The molecule has 1 aliphatic heterocycles. The van der Waals surface area contributed by atoms with E-state index in [-0.39, 0.29) is 11.5 Å². The Balaban J connectivity index is 1.54. The van der Waals surface area contributed by atoms with Crippen LogP contribution in [0.1, 0.15) is 15.9 Å². The molecular weight excluding hydrogens is 511 g/mol. The summed E-state index contributed by atoms with van der Waals surface area (Å²) in [6.07, 6.45) is -3.08. The van der Waals surface area contributed by atoms with Crippen molar-refractivity contribution in [3.63, 3.8) is 0 Å². The molecular formula is C25H25ClF3N5O3. The van der Waals surface area contributed by atoms with Crippen LogP contribution in [-0.2, 0) is 18.0 Å². The van der Waals surface area contributed by atoms with E-state index in [0.29, 0.717) is 54.0 Å². The Bertz CT molecular complexity index is 1290. The molecule has 1 N–H and O–H groups in total. The number of alkyl halides is 3. The quantitative estimate of drug-likeness (QED) is 0.491. The Morgan fingerprint density at radius 1 is 1.16 bits per heavy atom. The summed E-state index contributed by atoms with van der Waals surface area (Å²) >= 11 is 6.37. The van der Waals surface area contributed by atoms with E-state index in [1.807, 2.05) is 4.90 Å². The molecule has 2 amide bonds. The first-order valence-corrected chi connectivity index (χ1v) is 11.8. The van der Waals surface area contributed by atoms with Crippen LogP contribution in [0.5, 0.6) is 5.75 Å². The van der Waals surface area contributed by atoms with Gasteiger partial charge >= 0.3 is 6.18 Å². The van der Waals surface area contributed by atoms with E-state index >= 15 is 0 Å². The smallest absolute Gasteiger partial charge is 0.416 e. The van der Waals surface area contributed by atoms with Crippen molar-refractivity contribution in [2.45, 2.75) is 6.18 Å². The Morgan fingerprint density at radius 3 is 2.62 bits per heavy atom. The highest BCUT2D eigenvalue weighted by atomic mass is 35.5. The molecule has 1 saturated heterocycles. The van der Waals surface area contributed by atoms with E-state index in [1.165, 1.54) is 18.3 Å². The van der Waals surface area contributed by atoms with Gasteiger partial charge in [0.1, 0.15) is 12.4 Å². The number of amides is 2. The third-order valence-corrected chi connectivity index (χ3v) is 6.32. The number of aryl methyl sites for hydroxylation is 1. The minimum absolute atomic E-state index is 0.0504. The number of halogens is 4. The Morgan fingerprint density at radius 2 is 1.95 bits per heavy atom. The summed E-state index contributed by atoms with van der Waals surface area (Å²) in [5.41, 5.74) is 0.389. The molecule has 0 radical (unpaired) electrons. The zero-order chi connectivity index (χ0) is 26.7. The number of ether oxygens (including phenoxy) is 1. The normalized spacial score (nSPS) is 14.6. The maximum absolute atomic E-state index is 13.1. The lowest BCUT2D eigenvalue weighted by Gasteiger charge is -2.31. The van der Waals surface area contributed by atoms with Gasteiger partial charge in [0.15, 0.2) is 0 Å². The van der Waals surface area contributed by atoms with Gasteiger partial charge in [-0.05, 0) is 36.4 Å². The van der Waals surface area contributed by atoms with E-state index in [0.717, 1.165) is 18.7 Å². The highest BCUT2D eigenvalue weighted by molar-refractivity contribution is 6.33. The van der Waals surface area contributed by atoms with Gasteiger partial charge in [-0.25, -0.2) is 0 Å². The molecule has 8 nitrogen and oxygen atoms in total. The first kappa shape index (κ1) is 26.5. The molecule has 4 rings (SSSR count). The molecule has 0 spiro atoms. The van der Waals surface area contributed by atoms with Crippen molar-refractivity contribution in [2.24, 2.45) is 7.05 Å². The average Bonchev–Trinajstić information content (AvgIpc) is 3.19. The van der Waals surface area contributed by atoms with Crippen LogP contribution in [0.15, 0.2) is 48.7 Å². The lowest BCUT2D eigenvalue weighted by molar-refractivity contribution is -0.137. The van der Waals surface area contributed by atoms with Crippen LogP contribution in [0.4, 0.5) is 18.9 Å². The number of rotatable bonds is 7. The van der Waals surface area contributed by atoms with Crippen LogP contribution < -0.4 is 10.1 Å². The number of anilines is 1. The highest BCUT2D eigenvalue weighted by Crippen LogP contribution is 2.37. The topological polar surface area (TPSA) is 79.7 Å². The number of piperazine rings is 1. The number of hydrogen-bond donors (Lipinski definition) is 1. The third-order valence-electron chi connectivity index (χ3n) is 6.04. The first-order valence-electron chi connectivity index (χ1n) is 11.4. The monoisotopic (exact) mass is 535 g/mol. The van der Waals surface area contributed by atoms with Gasteiger partial charge in [-0.15, -0.1) is 0 Å². The molecule has 2 heterocycles. The Hall–Kier alpha value is -3.57. The van der Waals surface area contributed by atoms with Gasteiger partial charge < -0.3 is 15.0 Å². The summed E-state index contributed by atoms with van der Waals surface area (Å²) in [4.78, 5) is 28.4. The second kappa shape index (κ2) is 10.8. The molecule has 1 aromatic heterocycles. The van der Waals surface area contributed by atoms with Crippen LogP contribution in [0.3, 0.4) is 0 Å². The molecule has 0 atom stereocenters. The van der Waals surface area contributed by atoms with Crippen molar-refractivity contribution in [2.75, 3.05) is 45.2 Å². The number of hydrogen-bond acceptors (Lipinski definition) is 5. The van der Waals surface area contributed by atoms with Gasteiger partial charge in [-0.3, -0.25) is 19.2 Å². The molecule has 12 heteroatoms. The molecule has 3 aromatic rings. The second-order valence-corrected chi connectivity index (χ2v) is 9.06. The molecule has 2 aromatic carbocycles. The predicted molar refractivity (Wildman–Crippen MR) is 133 cm³/mol. The van der Waals surface area contributed by atoms with Crippen molar-refractivity contribution in [3.8, 4) is 17.0 Å². The van der Waals surface area contributed by atoms with Gasteiger partial charge in [-0.2, -0.15) is 18.3 Å².